The highest BCUT2D eigenvalue weighted by Gasteiger charge is 2.36. The van der Waals surface area contributed by atoms with E-state index >= 15 is 0 Å². The Labute approximate surface area is 115 Å². The monoisotopic (exact) mass is 270 g/mol. The highest BCUT2D eigenvalue weighted by molar-refractivity contribution is 5.96. The van der Waals surface area contributed by atoms with Crippen LogP contribution in [0.4, 0.5) is 0 Å². The predicted molar refractivity (Wildman–Crippen MR) is 73.7 cm³/mol. The Bertz CT molecular complexity index is 307. The summed E-state index contributed by atoms with van der Waals surface area (Å²) in [5.74, 6) is 0.0376. The molecule has 5 nitrogen and oxygen atoms in total. The molecule has 0 aromatic rings. The summed E-state index contributed by atoms with van der Waals surface area (Å²) in [4.78, 5) is 25.9. The standard InChI is InChI=1S/C14H26N2O3/c1-4-8-12-14(18)16(11(2)13(17)15-12)9-6-5-7-10-19-3/h11-12H,4-10H2,1-3H3,(H,15,17). The van der Waals surface area contributed by atoms with Crippen LogP contribution >= 0.6 is 0 Å². The predicted octanol–water partition coefficient (Wildman–Crippen LogP) is 1.32. The first kappa shape index (κ1) is 16.0. The molecule has 0 aliphatic carbocycles. The molecule has 5 heteroatoms. The van der Waals surface area contributed by atoms with Crippen molar-refractivity contribution in [3.8, 4) is 0 Å². The number of carbonyl (C=O) groups excluding carboxylic acids is 2. The highest BCUT2D eigenvalue weighted by atomic mass is 16.5. The molecule has 1 fully saturated rings. The minimum absolute atomic E-state index is 0.0325. The lowest BCUT2D eigenvalue weighted by Crippen LogP contribution is -2.62. The van der Waals surface area contributed by atoms with Crippen LogP contribution in [-0.2, 0) is 14.3 Å². The van der Waals surface area contributed by atoms with Gasteiger partial charge < -0.3 is 15.0 Å². The van der Waals surface area contributed by atoms with Gasteiger partial charge in [0.15, 0.2) is 0 Å². The maximum atomic E-state index is 12.3. The van der Waals surface area contributed by atoms with Crippen molar-refractivity contribution in [3.63, 3.8) is 0 Å². The van der Waals surface area contributed by atoms with Crippen molar-refractivity contribution < 1.29 is 14.3 Å². The summed E-state index contributed by atoms with van der Waals surface area (Å²) in [6.07, 6.45) is 4.55. The summed E-state index contributed by atoms with van der Waals surface area (Å²) >= 11 is 0. The summed E-state index contributed by atoms with van der Waals surface area (Å²) < 4.78 is 5.00. The van der Waals surface area contributed by atoms with E-state index in [1.54, 1.807) is 18.9 Å². The Morgan fingerprint density at radius 2 is 2.00 bits per heavy atom. The van der Waals surface area contributed by atoms with Gasteiger partial charge in [0.2, 0.25) is 11.8 Å². The van der Waals surface area contributed by atoms with Gasteiger partial charge in [-0.05, 0) is 32.6 Å². The van der Waals surface area contributed by atoms with Gasteiger partial charge in [-0.2, -0.15) is 0 Å². The molecule has 1 rings (SSSR count). The summed E-state index contributed by atoms with van der Waals surface area (Å²) in [6.45, 7) is 5.23. The Kier molecular flexibility index (Phi) is 6.84. The van der Waals surface area contributed by atoms with E-state index in [0.717, 1.165) is 38.7 Å². The Hall–Kier alpha value is -1.10. The number of carbonyl (C=O) groups is 2. The molecule has 1 aliphatic heterocycles. The summed E-state index contributed by atoms with van der Waals surface area (Å²) in [5.41, 5.74) is 0. The molecule has 2 unspecified atom stereocenters. The van der Waals surface area contributed by atoms with Gasteiger partial charge in [-0.25, -0.2) is 0 Å². The Morgan fingerprint density at radius 3 is 2.63 bits per heavy atom. The molecule has 0 spiro atoms. The molecule has 0 bridgehead atoms. The number of piperazine rings is 1. The van der Waals surface area contributed by atoms with Gasteiger partial charge in [-0.15, -0.1) is 0 Å². The zero-order valence-electron chi connectivity index (χ0n) is 12.3. The minimum Gasteiger partial charge on any atom is -0.385 e. The van der Waals surface area contributed by atoms with E-state index in [2.05, 4.69) is 5.32 Å². The third kappa shape index (κ3) is 4.49. The third-order valence-electron chi connectivity index (χ3n) is 3.57. The van der Waals surface area contributed by atoms with Crippen LogP contribution in [0.3, 0.4) is 0 Å². The molecule has 0 radical (unpaired) electrons. The van der Waals surface area contributed by atoms with Crippen LogP contribution in [0.1, 0.15) is 46.0 Å². The zero-order valence-corrected chi connectivity index (χ0v) is 12.3. The number of methoxy groups -OCH3 is 1. The van der Waals surface area contributed by atoms with Crippen LogP contribution in [-0.4, -0.2) is 49.1 Å². The maximum Gasteiger partial charge on any atom is 0.245 e. The van der Waals surface area contributed by atoms with Crippen LogP contribution in [0.25, 0.3) is 0 Å². The molecule has 0 aromatic heterocycles. The van der Waals surface area contributed by atoms with Crippen LogP contribution in [0.2, 0.25) is 0 Å². The molecule has 2 amide bonds. The normalized spacial score (nSPS) is 23.6. The lowest BCUT2D eigenvalue weighted by molar-refractivity contribution is -0.148. The smallest absolute Gasteiger partial charge is 0.245 e. The molecule has 19 heavy (non-hydrogen) atoms. The second-order valence-electron chi connectivity index (χ2n) is 5.11. The average Bonchev–Trinajstić information content (AvgIpc) is 2.39. The van der Waals surface area contributed by atoms with Crippen LogP contribution < -0.4 is 5.32 Å². The lowest BCUT2D eigenvalue weighted by atomic mass is 10.0. The number of amides is 2. The zero-order chi connectivity index (χ0) is 14.3. The minimum atomic E-state index is -0.344. The Morgan fingerprint density at radius 1 is 1.26 bits per heavy atom. The second kappa shape index (κ2) is 8.15. The fourth-order valence-corrected chi connectivity index (χ4v) is 2.38. The molecule has 0 saturated carbocycles. The highest BCUT2D eigenvalue weighted by Crippen LogP contribution is 2.14. The molecule has 110 valence electrons. The number of nitrogens with zero attached hydrogens (tertiary/aromatic N) is 1. The summed E-state index contributed by atoms with van der Waals surface area (Å²) in [6, 6.07) is -0.671. The van der Waals surface area contributed by atoms with Crippen LogP contribution in [0.15, 0.2) is 0 Å². The number of rotatable bonds is 8. The Balaban J connectivity index is 2.47. The van der Waals surface area contributed by atoms with E-state index in [1.165, 1.54) is 0 Å². The molecule has 2 atom stereocenters. The molecule has 1 saturated heterocycles. The fourth-order valence-electron chi connectivity index (χ4n) is 2.38. The van der Waals surface area contributed by atoms with Crippen molar-refractivity contribution >= 4 is 11.8 Å². The van der Waals surface area contributed by atoms with Crippen molar-refractivity contribution in [2.24, 2.45) is 0 Å². The molecule has 1 aliphatic rings. The number of hydrogen-bond donors (Lipinski definition) is 1. The molecule has 1 N–H and O–H groups in total. The van der Waals surface area contributed by atoms with Crippen molar-refractivity contribution in [1.29, 1.82) is 0 Å². The SMILES string of the molecule is CCCC1NC(=O)C(C)N(CCCCCOC)C1=O. The topological polar surface area (TPSA) is 58.6 Å². The van der Waals surface area contributed by atoms with E-state index in [9.17, 15) is 9.59 Å². The molecular formula is C14H26N2O3. The first-order chi connectivity index (χ1) is 9.11. The maximum absolute atomic E-state index is 12.3. The van der Waals surface area contributed by atoms with Gasteiger partial charge in [0.05, 0.1) is 0 Å². The van der Waals surface area contributed by atoms with Crippen LogP contribution in [0.5, 0.6) is 0 Å². The number of nitrogens with one attached hydrogen (secondary N) is 1. The number of hydrogen-bond acceptors (Lipinski definition) is 3. The van der Waals surface area contributed by atoms with Gasteiger partial charge in [-0.3, -0.25) is 9.59 Å². The van der Waals surface area contributed by atoms with Crippen LogP contribution in [0, 0.1) is 0 Å². The average molecular weight is 270 g/mol. The first-order valence-electron chi connectivity index (χ1n) is 7.21. The number of unbranched alkanes of at least 4 members (excludes halogenated alkanes) is 2. The van der Waals surface area contributed by atoms with Gasteiger partial charge >= 0.3 is 0 Å². The quantitative estimate of drug-likeness (QED) is 0.677. The largest absolute Gasteiger partial charge is 0.385 e. The number of ether oxygens (including phenoxy) is 1. The molecule has 1 heterocycles. The first-order valence-corrected chi connectivity index (χ1v) is 7.21. The van der Waals surface area contributed by atoms with Gasteiger partial charge in [-0.1, -0.05) is 13.3 Å². The van der Waals surface area contributed by atoms with E-state index in [-0.39, 0.29) is 23.9 Å². The van der Waals surface area contributed by atoms with E-state index in [0.29, 0.717) is 6.54 Å². The summed E-state index contributed by atoms with van der Waals surface area (Å²) in [7, 11) is 1.69. The summed E-state index contributed by atoms with van der Waals surface area (Å²) in [5, 5.41) is 2.81. The lowest BCUT2D eigenvalue weighted by Gasteiger charge is -2.37. The van der Waals surface area contributed by atoms with Crippen molar-refractivity contribution in [2.45, 2.75) is 58.0 Å². The third-order valence-corrected chi connectivity index (χ3v) is 3.57. The van der Waals surface area contributed by atoms with Crippen molar-refractivity contribution in [2.75, 3.05) is 20.3 Å². The van der Waals surface area contributed by atoms with Gasteiger partial charge in [0, 0.05) is 20.3 Å². The van der Waals surface area contributed by atoms with E-state index in [4.69, 9.17) is 4.74 Å². The van der Waals surface area contributed by atoms with E-state index in [1.807, 2.05) is 6.92 Å². The van der Waals surface area contributed by atoms with Crippen molar-refractivity contribution in [3.05, 3.63) is 0 Å². The molecule has 0 aromatic carbocycles. The van der Waals surface area contributed by atoms with Gasteiger partial charge in [0.25, 0.3) is 0 Å². The second-order valence-corrected chi connectivity index (χ2v) is 5.11. The van der Waals surface area contributed by atoms with Crippen molar-refractivity contribution in [1.82, 2.24) is 10.2 Å². The fraction of sp³-hybridized carbons (Fsp3) is 0.857. The van der Waals surface area contributed by atoms with Gasteiger partial charge in [0.1, 0.15) is 12.1 Å². The molecular weight excluding hydrogens is 244 g/mol. The van der Waals surface area contributed by atoms with E-state index < -0.39 is 0 Å².